The minimum absolute atomic E-state index is 0.0793. The molecule has 20 heavy (non-hydrogen) atoms. The number of benzene rings is 2. The van der Waals surface area contributed by atoms with E-state index in [2.05, 4.69) is 39.0 Å². The van der Waals surface area contributed by atoms with Crippen LogP contribution in [0.1, 0.15) is 31.9 Å². The smallest absolute Gasteiger partial charge is 0.0320 e. The topological polar surface area (TPSA) is 52.0 Å². The zero-order valence-corrected chi connectivity index (χ0v) is 12.4. The van der Waals surface area contributed by atoms with Gasteiger partial charge in [0.2, 0.25) is 0 Å². The summed E-state index contributed by atoms with van der Waals surface area (Å²) in [5.74, 6) is 0. The van der Waals surface area contributed by atoms with Crippen molar-refractivity contribution in [2.24, 2.45) is 0 Å². The number of hydrogen-bond acceptors (Lipinski definition) is 2. The van der Waals surface area contributed by atoms with E-state index in [-0.39, 0.29) is 5.41 Å². The van der Waals surface area contributed by atoms with Gasteiger partial charge in [-0.15, -0.1) is 0 Å². The quantitative estimate of drug-likeness (QED) is 0.817. The molecule has 0 saturated carbocycles. The summed E-state index contributed by atoms with van der Waals surface area (Å²) in [5.41, 5.74) is 16.8. The van der Waals surface area contributed by atoms with Crippen LogP contribution in [0.4, 0.5) is 11.4 Å². The first-order chi connectivity index (χ1) is 9.38. The van der Waals surface area contributed by atoms with E-state index < -0.39 is 0 Å². The Morgan fingerprint density at radius 3 is 2.15 bits per heavy atom. The molecule has 0 atom stereocenters. The van der Waals surface area contributed by atoms with E-state index in [1.807, 2.05) is 36.4 Å². The van der Waals surface area contributed by atoms with E-state index in [1.54, 1.807) is 0 Å². The first-order valence-corrected chi connectivity index (χ1v) is 6.80. The average Bonchev–Trinajstić information content (AvgIpc) is 2.38. The molecule has 0 aliphatic heterocycles. The Labute approximate surface area is 121 Å². The van der Waals surface area contributed by atoms with E-state index in [4.69, 9.17) is 11.5 Å². The fourth-order valence-corrected chi connectivity index (χ4v) is 2.43. The fourth-order valence-electron chi connectivity index (χ4n) is 2.43. The number of nitrogen functional groups attached to an aromatic ring is 2. The van der Waals surface area contributed by atoms with Crippen LogP contribution in [0.25, 0.3) is 5.57 Å². The number of hydrogen-bond donors (Lipinski definition) is 2. The molecule has 0 aliphatic carbocycles. The average molecular weight is 266 g/mol. The summed E-state index contributed by atoms with van der Waals surface area (Å²) >= 11 is 0. The molecule has 0 heterocycles. The van der Waals surface area contributed by atoms with Gasteiger partial charge in [-0.25, -0.2) is 0 Å². The van der Waals surface area contributed by atoms with Gasteiger partial charge in [0.15, 0.2) is 0 Å². The van der Waals surface area contributed by atoms with Crippen molar-refractivity contribution in [3.8, 4) is 0 Å². The maximum Gasteiger partial charge on any atom is 0.0320 e. The highest BCUT2D eigenvalue weighted by Gasteiger charge is 2.18. The Hall–Kier alpha value is -2.22. The highest BCUT2D eigenvalue weighted by molar-refractivity contribution is 5.68. The highest BCUT2D eigenvalue weighted by atomic mass is 14.5. The molecule has 104 valence electrons. The Kier molecular flexibility index (Phi) is 3.84. The predicted octanol–water partition coefficient (Wildman–Crippen LogP) is 4.23. The molecule has 0 unspecified atom stereocenters. The summed E-state index contributed by atoms with van der Waals surface area (Å²) in [4.78, 5) is 0. The SMILES string of the molecule is CC(=CC(C)(C)c1cccc(N)c1)c1cccc(N)c1. The van der Waals surface area contributed by atoms with Gasteiger partial charge in [0.25, 0.3) is 0 Å². The van der Waals surface area contributed by atoms with Crippen LogP contribution >= 0.6 is 0 Å². The van der Waals surface area contributed by atoms with Gasteiger partial charge in [0.05, 0.1) is 0 Å². The van der Waals surface area contributed by atoms with Gasteiger partial charge in [0.1, 0.15) is 0 Å². The lowest BCUT2D eigenvalue weighted by Gasteiger charge is -2.23. The largest absolute Gasteiger partial charge is 0.399 e. The van der Waals surface area contributed by atoms with E-state index in [0.717, 1.165) is 16.9 Å². The molecule has 0 aliphatic rings. The summed E-state index contributed by atoms with van der Waals surface area (Å²) in [6.45, 7) is 6.50. The standard InChI is InChI=1S/C18H22N2/c1-13(14-6-4-8-16(19)10-14)12-18(2,3)15-7-5-9-17(20)11-15/h4-12H,19-20H2,1-3H3. The van der Waals surface area contributed by atoms with Crippen molar-refractivity contribution in [1.29, 1.82) is 0 Å². The molecule has 0 saturated heterocycles. The van der Waals surface area contributed by atoms with Crippen LogP contribution < -0.4 is 11.5 Å². The summed E-state index contributed by atoms with van der Waals surface area (Å²) in [7, 11) is 0. The zero-order chi connectivity index (χ0) is 14.8. The second-order valence-corrected chi connectivity index (χ2v) is 5.80. The number of allylic oxidation sites excluding steroid dienone is 2. The molecule has 0 amide bonds. The maximum absolute atomic E-state index is 5.88. The van der Waals surface area contributed by atoms with Crippen LogP contribution in [0.2, 0.25) is 0 Å². The predicted molar refractivity (Wildman–Crippen MR) is 88.4 cm³/mol. The zero-order valence-electron chi connectivity index (χ0n) is 12.4. The molecule has 2 nitrogen and oxygen atoms in total. The third-order valence-corrected chi connectivity index (χ3v) is 3.55. The van der Waals surface area contributed by atoms with Crippen molar-refractivity contribution in [3.63, 3.8) is 0 Å². The molecule has 0 bridgehead atoms. The van der Waals surface area contributed by atoms with E-state index >= 15 is 0 Å². The lowest BCUT2D eigenvalue weighted by atomic mass is 9.82. The summed E-state index contributed by atoms with van der Waals surface area (Å²) in [6, 6.07) is 16.0. The van der Waals surface area contributed by atoms with Gasteiger partial charge in [-0.1, -0.05) is 44.2 Å². The Morgan fingerprint density at radius 2 is 1.55 bits per heavy atom. The van der Waals surface area contributed by atoms with Crippen LogP contribution in [-0.4, -0.2) is 0 Å². The monoisotopic (exact) mass is 266 g/mol. The maximum atomic E-state index is 5.88. The van der Waals surface area contributed by atoms with Gasteiger partial charge >= 0.3 is 0 Å². The van der Waals surface area contributed by atoms with Crippen LogP contribution in [0.5, 0.6) is 0 Å². The fraction of sp³-hybridized carbons (Fsp3) is 0.222. The lowest BCUT2D eigenvalue weighted by Crippen LogP contribution is -2.14. The number of anilines is 2. The van der Waals surface area contributed by atoms with Gasteiger partial charge in [-0.2, -0.15) is 0 Å². The summed E-state index contributed by atoms with van der Waals surface area (Å²) in [6.07, 6.45) is 2.26. The molecular weight excluding hydrogens is 244 g/mol. The lowest BCUT2D eigenvalue weighted by molar-refractivity contribution is 0.671. The van der Waals surface area contributed by atoms with Crippen LogP contribution in [0, 0.1) is 0 Å². The van der Waals surface area contributed by atoms with Crippen LogP contribution in [-0.2, 0) is 5.41 Å². The Morgan fingerprint density at radius 1 is 0.950 bits per heavy atom. The van der Waals surface area contributed by atoms with Gasteiger partial charge < -0.3 is 11.5 Å². The minimum Gasteiger partial charge on any atom is -0.399 e. The second-order valence-electron chi connectivity index (χ2n) is 5.80. The molecule has 0 fully saturated rings. The minimum atomic E-state index is -0.0793. The molecule has 0 aromatic heterocycles. The Balaban J connectivity index is 2.37. The molecule has 2 rings (SSSR count). The molecule has 2 heteroatoms. The van der Waals surface area contributed by atoms with E-state index in [9.17, 15) is 0 Å². The third kappa shape index (κ3) is 3.21. The van der Waals surface area contributed by atoms with Gasteiger partial charge in [-0.3, -0.25) is 0 Å². The van der Waals surface area contributed by atoms with Crippen molar-refractivity contribution < 1.29 is 0 Å². The first-order valence-electron chi connectivity index (χ1n) is 6.80. The number of rotatable bonds is 3. The molecular formula is C18H22N2. The molecule has 0 radical (unpaired) electrons. The van der Waals surface area contributed by atoms with Crippen molar-refractivity contribution >= 4 is 16.9 Å². The van der Waals surface area contributed by atoms with Crippen molar-refractivity contribution in [1.82, 2.24) is 0 Å². The number of nitrogens with two attached hydrogens (primary N) is 2. The van der Waals surface area contributed by atoms with Gasteiger partial charge in [0, 0.05) is 16.8 Å². The van der Waals surface area contributed by atoms with Crippen LogP contribution in [0.15, 0.2) is 54.6 Å². The van der Waals surface area contributed by atoms with Gasteiger partial charge in [-0.05, 0) is 47.9 Å². The van der Waals surface area contributed by atoms with E-state index in [1.165, 1.54) is 11.1 Å². The molecule has 2 aromatic carbocycles. The van der Waals surface area contributed by atoms with Crippen molar-refractivity contribution in [2.75, 3.05) is 11.5 Å². The van der Waals surface area contributed by atoms with E-state index in [0.29, 0.717) is 0 Å². The van der Waals surface area contributed by atoms with Crippen LogP contribution in [0.3, 0.4) is 0 Å². The Bertz CT molecular complexity index is 639. The molecule has 4 N–H and O–H groups in total. The second kappa shape index (κ2) is 5.41. The third-order valence-electron chi connectivity index (χ3n) is 3.55. The summed E-state index contributed by atoms with van der Waals surface area (Å²) < 4.78 is 0. The first kappa shape index (κ1) is 14.2. The normalized spacial score (nSPS) is 12.4. The highest BCUT2D eigenvalue weighted by Crippen LogP contribution is 2.30. The van der Waals surface area contributed by atoms with Crippen molar-refractivity contribution in [2.45, 2.75) is 26.2 Å². The molecule has 0 spiro atoms. The van der Waals surface area contributed by atoms with Crippen molar-refractivity contribution in [3.05, 3.63) is 65.7 Å². The molecule has 2 aromatic rings. The summed E-state index contributed by atoms with van der Waals surface area (Å²) in [5, 5.41) is 0.